The molecule has 0 spiro atoms. The maximum Gasteiger partial charge on any atom is 0.330 e. The quantitative estimate of drug-likeness (QED) is 0.523. The molecule has 1 aromatic carbocycles. The van der Waals surface area contributed by atoms with E-state index in [0.717, 1.165) is 22.7 Å². The third-order valence-corrected chi connectivity index (χ3v) is 4.73. The van der Waals surface area contributed by atoms with Gasteiger partial charge in [0.15, 0.2) is 6.29 Å². The summed E-state index contributed by atoms with van der Waals surface area (Å²) < 4.78 is 7.54. The average molecular weight is 302 g/mol. The Balaban J connectivity index is 2.24. The van der Waals surface area contributed by atoms with E-state index in [2.05, 4.69) is 12.6 Å². The van der Waals surface area contributed by atoms with E-state index in [1.54, 1.807) is 7.48 Å². The van der Waals surface area contributed by atoms with Crippen LogP contribution < -0.4 is 5.46 Å². The average Bonchev–Trinajstić information content (AvgIpc) is 2.72. The van der Waals surface area contributed by atoms with Crippen LogP contribution in [0.5, 0.6) is 0 Å². The lowest BCUT2D eigenvalue weighted by atomic mass is 9.83. The first-order valence-corrected chi connectivity index (χ1v) is 7.38. The number of aldehydes is 1. The largest absolute Gasteiger partial charge is 0.428 e. The zero-order chi connectivity index (χ0) is 15.8. The molecule has 0 saturated heterocycles. The second-order valence-corrected chi connectivity index (χ2v) is 7.49. The number of rotatable bonds is 5. The summed E-state index contributed by atoms with van der Waals surface area (Å²) in [6.07, 6.45) is 0.867. The van der Waals surface area contributed by atoms with Crippen LogP contribution >= 0.6 is 12.6 Å². The lowest BCUT2D eigenvalue weighted by Gasteiger charge is -2.38. The number of thiol groups is 1. The third kappa shape index (κ3) is 3.19. The number of benzene rings is 1. The van der Waals surface area contributed by atoms with Crippen LogP contribution in [0.1, 0.15) is 38.2 Å². The van der Waals surface area contributed by atoms with Gasteiger partial charge in [-0.15, -0.1) is 0 Å². The van der Waals surface area contributed by atoms with Gasteiger partial charge in [0, 0.05) is 22.7 Å². The van der Waals surface area contributed by atoms with Gasteiger partial charge in [0.2, 0.25) is 0 Å². The molecule has 0 atom stereocenters. The van der Waals surface area contributed by atoms with Crippen LogP contribution in [0.2, 0.25) is 0 Å². The van der Waals surface area contributed by atoms with Crippen LogP contribution in [0.25, 0.3) is 10.9 Å². The third-order valence-electron chi connectivity index (χ3n) is 4.19. The molecule has 2 aromatic rings. The van der Waals surface area contributed by atoms with E-state index in [0.29, 0.717) is 5.69 Å². The van der Waals surface area contributed by atoms with Gasteiger partial charge < -0.3 is 9.22 Å². The molecule has 0 N–H and O–H groups in total. The Bertz CT molecular complexity index is 671. The van der Waals surface area contributed by atoms with Gasteiger partial charge in [-0.05, 0) is 39.8 Å². The Morgan fingerprint density at radius 3 is 2.48 bits per heavy atom. The van der Waals surface area contributed by atoms with Crippen LogP contribution in [0.15, 0.2) is 24.3 Å². The fourth-order valence-electron chi connectivity index (χ4n) is 1.91. The van der Waals surface area contributed by atoms with Gasteiger partial charge in [-0.1, -0.05) is 17.6 Å². The molecule has 0 aliphatic carbocycles. The summed E-state index contributed by atoms with van der Waals surface area (Å²) in [5.74, 6) is 0. The minimum Gasteiger partial charge on any atom is -0.428 e. The fourth-order valence-corrected chi connectivity index (χ4v) is 1.97. The van der Waals surface area contributed by atoms with Crippen LogP contribution in [0.3, 0.4) is 0 Å². The van der Waals surface area contributed by atoms with Gasteiger partial charge in [0.05, 0.1) is 11.3 Å². The Morgan fingerprint density at radius 1 is 1.24 bits per heavy atom. The van der Waals surface area contributed by atoms with Crippen molar-refractivity contribution in [3.05, 3.63) is 30.0 Å². The van der Waals surface area contributed by atoms with Crippen molar-refractivity contribution in [3.63, 3.8) is 0 Å². The summed E-state index contributed by atoms with van der Waals surface area (Å²) in [6.45, 7) is 8.09. The topological polar surface area (TPSA) is 31.2 Å². The molecule has 1 heterocycles. The number of fused-ring (bicyclic) bond motifs is 1. The Labute approximate surface area is 132 Å². The molecule has 0 amide bonds. The minimum atomic E-state index is -0.396. The maximum absolute atomic E-state index is 11.0. The van der Waals surface area contributed by atoms with Gasteiger partial charge in [-0.25, -0.2) is 0 Å². The van der Waals surface area contributed by atoms with E-state index in [4.69, 9.17) is 4.65 Å². The lowest BCUT2D eigenvalue weighted by Crippen LogP contribution is -2.45. The second-order valence-electron chi connectivity index (χ2n) is 6.37. The van der Waals surface area contributed by atoms with Crippen LogP contribution in [-0.2, 0) is 11.7 Å². The molecule has 1 aromatic heterocycles. The SMILES string of the molecule is Cn1c(C=O)cc2ccc([B]OC(C)(C)C(C)(C)S)cc21. The molecular formula is C16H21BNO2S. The summed E-state index contributed by atoms with van der Waals surface area (Å²) in [7, 11) is 3.64. The minimum absolute atomic E-state index is 0.261. The molecule has 0 fully saturated rings. The second kappa shape index (κ2) is 5.54. The summed E-state index contributed by atoms with van der Waals surface area (Å²) in [5.41, 5.74) is 2.25. The van der Waals surface area contributed by atoms with Crippen molar-refractivity contribution < 1.29 is 9.45 Å². The van der Waals surface area contributed by atoms with E-state index >= 15 is 0 Å². The number of carbonyl (C=O) groups is 1. The highest BCUT2D eigenvalue weighted by Crippen LogP contribution is 2.30. The van der Waals surface area contributed by atoms with E-state index in [-0.39, 0.29) is 4.75 Å². The van der Waals surface area contributed by atoms with E-state index in [1.165, 1.54) is 0 Å². The van der Waals surface area contributed by atoms with Crippen molar-refractivity contribution in [2.45, 2.75) is 38.0 Å². The molecule has 5 heteroatoms. The van der Waals surface area contributed by atoms with Crippen molar-refractivity contribution in [3.8, 4) is 0 Å². The zero-order valence-electron chi connectivity index (χ0n) is 13.2. The zero-order valence-corrected chi connectivity index (χ0v) is 14.1. The standard InChI is InChI=1S/C16H21BNO2S/c1-15(2,16(3,4)21)20-17-12-7-6-11-8-13(10-19)18(5)14(11)9-12/h6-10,21H,1-5H3. The van der Waals surface area contributed by atoms with Crippen molar-refractivity contribution in [1.82, 2.24) is 4.57 Å². The van der Waals surface area contributed by atoms with Crippen molar-refractivity contribution in [2.24, 2.45) is 7.05 Å². The molecule has 0 saturated carbocycles. The predicted octanol–water partition coefficient (Wildman–Crippen LogP) is 2.74. The van der Waals surface area contributed by atoms with Crippen LogP contribution in [0.4, 0.5) is 0 Å². The van der Waals surface area contributed by atoms with Gasteiger partial charge in [-0.2, -0.15) is 12.6 Å². The number of aromatic nitrogens is 1. The summed E-state index contributed by atoms with van der Waals surface area (Å²) in [5, 5.41) is 1.05. The number of hydrogen-bond donors (Lipinski definition) is 1. The molecule has 3 nitrogen and oxygen atoms in total. The molecule has 0 bridgehead atoms. The normalized spacial score (nSPS) is 12.7. The molecule has 1 radical (unpaired) electrons. The Hall–Kier alpha value is -1.20. The summed E-state index contributed by atoms with van der Waals surface area (Å²) >= 11 is 4.58. The van der Waals surface area contributed by atoms with Crippen LogP contribution in [0, 0.1) is 0 Å². The molecule has 2 rings (SSSR count). The molecule has 0 aliphatic rings. The first-order chi connectivity index (χ1) is 9.65. The van der Waals surface area contributed by atoms with Gasteiger partial charge >= 0.3 is 7.48 Å². The van der Waals surface area contributed by atoms with E-state index in [9.17, 15) is 4.79 Å². The Kier molecular flexibility index (Phi) is 4.27. The van der Waals surface area contributed by atoms with Gasteiger partial charge in [0.25, 0.3) is 0 Å². The monoisotopic (exact) mass is 302 g/mol. The first-order valence-electron chi connectivity index (χ1n) is 6.94. The molecule has 111 valence electrons. The van der Waals surface area contributed by atoms with Crippen LogP contribution in [-0.4, -0.2) is 28.7 Å². The molecule has 21 heavy (non-hydrogen) atoms. The first kappa shape index (κ1) is 16.2. The predicted molar refractivity (Wildman–Crippen MR) is 91.9 cm³/mol. The molecule has 0 aliphatic heterocycles. The molecular weight excluding hydrogens is 281 g/mol. The highest BCUT2D eigenvalue weighted by Gasteiger charge is 2.34. The Morgan fingerprint density at radius 2 is 1.90 bits per heavy atom. The highest BCUT2D eigenvalue weighted by atomic mass is 32.1. The number of aryl methyl sites for hydroxylation is 1. The number of carbonyl (C=O) groups excluding carboxylic acids is 1. The van der Waals surface area contributed by atoms with Gasteiger partial charge in [-0.3, -0.25) is 4.79 Å². The fraction of sp³-hybridized carbons (Fsp3) is 0.438. The number of nitrogens with zero attached hydrogens (tertiary/aromatic N) is 1. The van der Waals surface area contributed by atoms with Crippen molar-refractivity contribution >= 4 is 42.8 Å². The number of hydrogen-bond acceptors (Lipinski definition) is 3. The summed E-state index contributed by atoms with van der Waals surface area (Å²) in [4.78, 5) is 11.0. The smallest absolute Gasteiger partial charge is 0.330 e. The maximum atomic E-state index is 11.0. The summed E-state index contributed by atoms with van der Waals surface area (Å²) in [6, 6.07) is 7.88. The van der Waals surface area contributed by atoms with Crippen molar-refractivity contribution in [1.29, 1.82) is 0 Å². The van der Waals surface area contributed by atoms with Gasteiger partial charge in [0.1, 0.15) is 0 Å². The molecule has 0 unspecified atom stereocenters. The van der Waals surface area contributed by atoms with E-state index < -0.39 is 5.60 Å². The van der Waals surface area contributed by atoms with E-state index in [1.807, 2.05) is 63.6 Å². The highest BCUT2D eigenvalue weighted by molar-refractivity contribution is 7.81. The van der Waals surface area contributed by atoms with Crippen molar-refractivity contribution in [2.75, 3.05) is 0 Å². The lowest BCUT2D eigenvalue weighted by molar-refractivity contribution is 0.0854.